The standard InChI is InChI=1S/C17H23N5OS/c1-11-6-15(20-12(2)19-11)5-4-14-8-22(9-14)10-16-7-18-17(24-16)21-13(3)23/h6-7,14H,4-5,8-10H2,1-3H3,(H,18,21,23). The summed E-state index contributed by atoms with van der Waals surface area (Å²) in [5.74, 6) is 1.53. The lowest BCUT2D eigenvalue weighted by Crippen LogP contribution is -2.45. The number of nitrogens with one attached hydrogen (secondary N) is 1. The highest BCUT2D eigenvalue weighted by Crippen LogP contribution is 2.26. The molecule has 1 amide bonds. The number of rotatable bonds is 6. The zero-order valence-electron chi connectivity index (χ0n) is 14.4. The average molecular weight is 345 g/mol. The van der Waals surface area contributed by atoms with E-state index in [2.05, 4.69) is 31.2 Å². The molecule has 2 aromatic rings. The largest absolute Gasteiger partial charge is 0.302 e. The third kappa shape index (κ3) is 4.58. The number of aromatic nitrogens is 3. The lowest BCUT2D eigenvalue weighted by molar-refractivity contribution is -0.114. The number of hydrogen-bond acceptors (Lipinski definition) is 6. The number of amides is 1. The van der Waals surface area contributed by atoms with Gasteiger partial charge >= 0.3 is 0 Å². The Morgan fingerprint density at radius 1 is 1.38 bits per heavy atom. The number of hydrogen-bond donors (Lipinski definition) is 1. The second-order valence-electron chi connectivity index (χ2n) is 6.46. The molecule has 0 spiro atoms. The first-order valence-electron chi connectivity index (χ1n) is 8.24. The maximum atomic E-state index is 11.0. The Balaban J connectivity index is 1.41. The van der Waals surface area contributed by atoms with Crippen LogP contribution in [0.15, 0.2) is 12.3 Å². The van der Waals surface area contributed by atoms with Gasteiger partial charge in [0, 0.05) is 49.0 Å². The van der Waals surface area contributed by atoms with Crippen LogP contribution in [0, 0.1) is 19.8 Å². The van der Waals surface area contributed by atoms with Crippen molar-refractivity contribution in [2.24, 2.45) is 5.92 Å². The maximum absolute atomic E-state index is 11.0. The number of thiazole rings is 1. The summed E-state index contributed by atoms with van der Waals surface area (Å²) >= 11 is 1.55. The van der Waals surface area contributed by atoms with Gasteiger partial charge in [0.15, 0.2) is 5.13 Å². The smallest absolute Gasteiger partial charge is 0.223 e. The molecule has 0 unspecified atom stereocenters. The van der Waals surface area contributed by atoms with Crippen molar-refractivity contribution in [3.05, 3.63) is 34.4 Å². The first-order chi connectivity index (χ1) is 11.5. The SMILES string of the molecule is CC(=O)Nc1ncc(CN2CC(CCc3cc(C)nc(C)n3)C2)s1. The molecule has 3 heterocycles. The molecular weight excluding hydrogens is 322 g/mol. The number of carbonyl (C=O) groups is 1. The Morgan fingerprint density at radius 3 is 2.88 bits per heavy atom. The second kappa shape index (κ2) is 7.36. The first kappa shape index (κ1) is 17.0. The van der Waals surface area contributed by atoms with Crippen LogP contribution in [0.1, 0.15) is 35.4 Å². The predicted molar refractivity (Wildman–Crippen MR) is 95.0 cm³/mol. The highest BCUT2D eigenvalue weighted by molar-refractivity contribution is 7.15. The number of anilines is 1. The van der Waals surface area contributed by atoms with Gasteiger partial charge in [-0.15, -0.1) is 11.3 Å². The molecular formula is C17H23N5OS. The molecule has 0 radical (unpaired) electrons. The molecule has 24 heavy (non-hydrogen) atoms. The fourth-order valence-corrected chi connectivity index (χ4v) is 3.97. The molecule has 7 heteroatoms. The molecule has 0 atom stereocenters. The lowest BCUT2D eigenvalue weighted by Gasteiger charge is -2.39. The maximum Gasteiger partial charge on any atom is 0.223 e. The van der Waals surface area contributed by atoms with E-state index in [-0.39, 0.29) is 5.91 Å². The van der Waals surface area contributed by atoms with E-state index in [1.807, 2.05) is 20.0 Å². The summed E-state index contributed by atoms with van der Waals surface area (Å²) in [6, 6.07) is 2.09. The third-order valence-corrected chi connectivity index (χ3v) is 4.97. The van der Waals surface area contributed by atoms with Gasteiger partial charge in [-0.1, -0.05) is 0 Å². The normalized spacial score (nSPS) is 15.3. The molecule has 6 nitrogen and oxygen atoms in total. The van der Waals surface area contributed by atoms with Crippen molar-refractivity contribution >= 4 is 22.4 Å². The minimum Gasteiger partial charge on any atom is -0.302 e. The van der Waals surface area contributed by atoms with Crippen LogP contribution in [0.5, 0.6) is 0 Å². The summed E-state index contributed by atoms with van der Waals surface area (Å²) in [5.41, 5.74) is 2.20. The lowest BCUT2D eigenvalue weighted by atomic mass is 9.93. The van der Waals surface area contributed by atoms with Crippen molar-refractivity contribution in [1.29, 1.82) is 0 Å². The van der Waals surface area contributed by atoms with Crippen molar-refractivity contribution in [3.63, 3.8) is 0 Å². The van der Waals surface area contributed by atoms with E-state index >= 15 is 0 Å². The minimum absolute atomic E-state index is 0.0740. The van der Waals surface area contributed by atoms with Gasteiger partial charge in [-0.3, -0.25) is 9.69 Å². The summed E-state index contributed by atoms with van der Waals surface area (Å²) in [4.78, 5) is 27.7. The number of nitrogens with zero attached hydrogens (tertiary/aromatic N) is 4. The Labute approximate surface area is 146 Å². The van der Waals surface area contributed by atoms with Crippen molar-refractivity contribution < 1.29 is 4.79 Å². The summed E-state index contributed by atoms with van der Waals surface area (Å²) in [6.07, 6.45) is 4.05. The van der Waals surface area contributed by atoms with Gasteiger partial charge in [-0.25, -0.2) is 15.0 Å². The molecule has 0 aliphatic carbocycles. The van der Waals surface area contributed by atoms with Gasteiger partial charge < -0.3 is 5.32 Å². The van der Waals surface area contributed by atoms with E-state index in [9.17, 15) is 4.79 Å². The van der Waals surface area contributed by atoms with E-state index < -0.39 is 0 Å². The Hall–Kier alpha value is -1.86. The van der Waals surface area contributed by atoms with Crippen molar-refractivity contribution in [2.75, 3.05) is 18.4 Å². The third-order valence-electron chi connectivity index (χ3n) is 4.08. The van der Waals surface area contributed by atoms with Crippen molar-refractivity contribution in [3.8, 4) is 0 Å². The van der Waals surface area contributed by atoms with E-state index in [1.165, 1.54) is 18.2 Å². The molecule has 1 saturated heterocycles. The fourth-order valence-electron chi connectivity index (χ4n) is 3.07. The van der Waals surface area contributed by atoms with E-state index in [0.29, 0.717) is 5.13 Å². The van der Waals surface area contributed by atoms with Gasteiger partial charge in [-0.05, 0) is 38.7 Å². The number of likely N-dealkylation sites (tertiary alicyclic amines) is 1. The van der Waals surface area contributed by atoms with Crippen LogP contribution in [0.25, 0.3) is 0 Å². The quantitative estimate of drug-likeness (QED) is 0.871. The molecule has 2 aromatic heterocycles. The molecule has 1 aliphatic heterocycles. The van der Waals surface area contributed by atoms with Crippen LogP contribution in [0.3, 0.4) is 0 Å². The average Bonchev–Trinajstić information content (AvgIpc) is 2.86. The van der Waals surface area contributed by atoms with Gasteiger partial charge in [0.25, 0.3) is 0 Å². The van der Waals surface area contributed by atoms with Crippen molar-refractivity contribution in [1.82, 2.24) is 19.9 Å². The Morgan fingerprint density at radius 2 is 2.17 bits per heavy atom. The summed E-state index contributed by atoms with van der Waals surface area (Å²) in [5, 5.41) is 3.41. The molecule has 3 rings (SSSR count). The summed E-state index contributed by atoms with van der Waals surface area (Å²) in [6.45, 7) is 8.63. The molecule has 0 aromatic carbocycles. The van der Waals surface area contributed by atoms with Gasteiger partial charge in [0.05, 0.1) is 0 Å². The highest BCUT2D eigenvalue weighted by atomic mass is 32.1. The van der Waals surface area contributed by atoms with Crippen LogP contribution in [-0.2, 0) is 17.8 Å². The minimum atomic E-state index is -0.0740. The zero-order valence-corrected chi connectivity index (χ0v) is 15.2. The number of carbonyl (C=O) groups excluding carboxylic acids is 1. The highest BCUT2D eigenvalue weighted by Gasteiger charge is 2.26. The topological polar surface area (TPSA) is 71.0 Å². The fraction of sp³-hybridized carbons (Fsp3) is 0.529. The first-order valence-corrected chi connectivity index (χ1v) is 9.05. The second-order valence-corrected chi connectivity index (χ2v) is 7.57. The molecule has 0 bridgehead atoms. The van der Waals surface area contributed by atoms with Crippen LogP contribution in [0.4, 0.5) is 5.13 Å². The molecule has 1 N–H and O–H groups in total. The van der Waals surface area contributed by atoms with Gasteiger partial charge in [0.2, 0.25) is 5.91 Å². The van der Waals surface area contributed by atoms with Gasteiger partial charge in [0.1, 0.15) is 5.82 Å². The number of aryl methyl sites for hydroxylation is 3. The Bertz CT molecular complexity index is 703. The van der Waals surface area contributed by atoms with Crippen LogP contribution < -0.4 is 5.32 Å². The Kier molecular flexibility index (Phi) is 5.20. The molecule has 1 aliphatic rings. The van der Waals surface area contributed by atoms with E-state index in [0.717, 1.165) is 49.2 Å². The zero-order chi connectivity index (χ0) is 17.1. The van der Waals surface area contributed by atoms with Crippen molar-refractivity contribution in [2.45, 2.75) is 40.2 Å². The summed E-state index contributed by atoms with van der Waals surface area (Å²) in [7, 11) is 0. The van der Waals surface area contributed by atoms with Crippen LogP contribution in [0.2, 0.25) is 0 Å². The van der Waals surface area contributed by atoms with E-state index in [4.69, 9.17) is 0 Å². The molecule has 1 fully saturated rings. The summed E-state index contributed by atoms with van der Waals surface area (Å²) < 4.78 is 0. The monoisotopic (exact) mass is 345 g/mol. The van der Waals surface area contributed by atoms with Crippen LogP contribution in [-0.4, -0.2) is 38.8 Å². The van der Waals surface area contributed by atoms with Gasteiger partial charge in [-0.2, -0.15) is 0 Å². The predicted octanol–water partition coefficient (Wildman–Crippen LogP) is 2.57. The molecule has 0 saturated carbocycles. The van der Waals surface area contributed by atoms with Crippen LogP contribution >= 0.6 is 11.3 Å². The molecule has 128 valence electrons. The van der Waals surface area contributed by atoms with E-state index in [1.54, 1.807) is 11.3 Å².